The first-order chi connectivity index (χ1) is 13.0. The van der Waals surface area contributed by atoms with Gasteiger partial charge in [-0.05, 0) is 47.9 Å². The van der Waals surface area contributed by atoms with E-state index in [0.717, 1.165) is 18.2 Å². The maximum Gasteiger partial charge on any atom is 0.311 e. The van der Waals surface area contributed by atoms with Gasteiger partial charge in [-0.2, -0.15) is 0 Å². The van der Waals surface area contributed by atoms with Crippen molar-refractivity contribution >= 4 is 35.0 Å². The van der Waals surface area contributed by atoms with Crippen LogP contribution in [-0.4, -0.2) is 24.2 Å². The molecule has 1 aromatic rings. The summed E-state index contributed by atoms with van der Waals surface area (Å²) in [5.74, 6) is 0.710. The monoisotopic (exact) mass is 389 g/mol. The van der Waals surface area contributed by atoms with Gasteiger partial charge in [-0.3, -0.25) is 19.7 Å². The fraction of sp³-hybridized carbons (Fsp3) is 0.450. The molecule has 27 heavy (non-hydrogen) atoms. The Kier molecular flexibility index (Phi) is 6.55. The van der Waals surface area contributed by atoms with E-state index in [2.05, 4.69) is 5.32 Å². The Bertz CT molecular complexity index is 768. The summed E-state index contributed by atoms with van der Waals surface area (Å²) in [7, 11) is 1.49. The first kappa shape index (κ1) is 19.5. The normalized spacial score (nSPS) is 19.2. The van der Waals surface area contributed by atoms with Gasteiger partial charge in [0, 0.05) is 6.42 Å². The molecular weight excluding hydrogens is 366 g/mol. The lowest BCUT2D eigenvalue weighted by atomic mass is 9.86. The van der Waals surface area contributed by atoms with Crippen LogP contribution in [0.1, 0.15) is 50.5 Å². The highest BCUT2D eigenvalue weighted by Crippen LogP contribution is 2.32. The van der Waals surface area contributed by atoms with Crippen LogP contribution < -0.4 is 14.8 Å². The molecule has 6 nitrogen and oxygen atoms in total. The van der Waals surface area contributed by atoms with E-state index in [4.69, 9.17) is 9.47 Å². The minimum atomic E-state index is -0.415. The molecule has 3 rings (SSSR count). The predicted octanol–water partition coefficient (Wildman–Crippen LogP) is 4.29. The number of benzene rings is 1. The molecule has 2 fully saturated rings. The molecule has 1 aliphatic heterocycles. The summed E-state index contributed by atoms with van der Waals surface area (Å²) in [4.78, 5) is 35.4. The second kappa shape index (κ2) is 9.08. The van der Waals surface area contributed by atoms with Crippen molar-refractivity contribution in [3.63, 3.8) is 0 Å². The van der Waals surface area contributed by atoms with Crippen molar-refractivity contribution in [3.8, 4) is 11.5 Å². The van der Waals surface area contributed by atoms with E-state index in [1.807, 2.05) is 0 Å². The molecule has 1 saturated heterocycles. The topological polar surface area (TPSA) is 81.7 Å². The third-order valence-corrected chi connectivity index (χ3v) is 5.64. The van der Waals surface area contributed by atoms with E-state index in [-0.39, 0.29) is 11.2 Å². The van der Waals surface area contributed by atoms with Crippen molar-refractivity contribution in [1.29, 1.82) is 0 Å². The summed E-state index contributed by atoms with van der Waals surface area (Å²) in [6, 6.07) is 5.03. The van der Waals surface area contributed by atoms with Gasteiger partial charge in [-0.25, -0.2) is 0 Å². The van der Waals surface area contributed by atoms with Crippen LogP contribution in [0.25, 0.3) is 6.08 Å². The van der Waals surface area contributed by atoms with Gasteiger partial charge >= 0.3 is 5.97 Å². The summed E-state index contributed by atoms with van der Waals surface area (Å²) in [6.45, 7) is 0. The Morgan fingerprint density at radius 1 is 1.22 bits per heavy atom. The molecule has 1 saturated carbocycles. The first-order valence-corrected chi connectivity index (χ1v) is 10.0. The number of nitrogens with one attached hydrogen (secondary N) is 1. The third-order valence-electron chi connectivity index (χ3n) is 4.83. The molecule has 7 heteroatoms. The van der Waals surface area contributed by atoms with Crippen molar-refractivity contribution in [1.82, 2.24) is 5.32 Å². The lowest BCUT2D eigenvalue weighted by molar-refractivity contribution is -0.134. The van der Waals surface area contributed by atoms with Crippen LogP contribution in [-0.2, 0) is 9.59 Å². The Morgan fingerprint density at radius 2 is 2.00 bits per heavy atom. The van der Waals surface area contributed by atoms with Crippen molar-refractivity contribution in [2.75, 3.05) is 7.11 Å². The molecule has 0 spiro atoms. The summed E-state index contributed by atoms with van der Waals surface area (Å²) in [6.07, 6.45) is 9.09. The van der Waals surface area contributed by atoms with Crippen LogP contribution in [0, 0.1) is 5.92 Å². The van der Waals surface area contributed by atoms with Crippen molar-refractivity contribution in [2.45, 2.75) is 44.9 Å². The second-order valence-electron chi connectivity index (χ2n) is 6.78. The average molecular weight is 389 g/mol. The molecule has 0 atom stereocenters. The fourth-order valence-corrected chi connectivity index (χ4v) is 4.08. The SMILES string of the molecule is COc1cc(C=C2SC(=O)NC2=O)ccc1OC(=O)CCC1CCCCC1. The number of rotatable bonds is 6. The molecule has 0 aromatic heterocycles. The fourth-order valence-electron chi connectivity index (χ4n) is 3.40. The molecular formula is C20H23NO5S. The summed E-state index contributed by atoms with van der Waals surface area (Å²) in [5, 5.41) is 1.82. The summed E-state index contributed by atoms with van der Waals surface area (Å²) >= 11 is 0.852. The minimum Gasteiger partial charge on any atom is -0.493 e. The maximum absolute atomic E-state index is 12.2. The van der Waals surface area contributed by atoms with Crippen molar-refractivity contribution in [3.05, 3.63) is 28.7 Å². The van der Waals surface area contributed by atoms with Crippen molar-refractivity contribution in [2.24, 2.45) is 5.92 Å². The van der Waals surface area contributed by atoms with E-state index in [9.17, 15) is 14.4 Å². The Morgan fingerprint density at radius 3 is 2.67 bits per heavy atom. The van der Waals surface area contributed by atoms with Crippen LogP contribution in [0.3, 0.4) is 0 Å². The van der Waals surface area contributed by atoms with Gasteiger partial charge in [0.05, 0.1) is 12.0 Å². The number of esters is 1. The standard InChI is InChI=1S/C20H23NO5S/c1-25-16-11-14(12-17-19(23)21-20(24)27-17)7-9-15(16)26-18(22)10-8-13-5-3-2-4-6-13/h7,9,11-13H,2-6,8,10H2,1H3,(H,21,23,24). The molecule has 0 unspecified atom stereocenters. The van der Waals surface area contributed by atoms with E-state index in [1.54, 1.807) is 24.3 Å². The quantitative estimate of drug-likeness (QED) is 0.444. The van der Waals surface area contributed by atoms with E-state index in [1.165, 1.54) is 39.2 Å². The third kappa shape index (κ3) is 5.35. The number of imide groups is 1. The highest BCUT2D eigenvalue weighted by molar-refractivity contribution is 8.18. The number of ether oxygens (including phenoxy) is 2. The van der Waals surface area contributed by atoms with E-state index < -0.39 is 5.91 Å². The molecule has 0 radical (unpaired) electrons. The molecule has 1 aromatic carbocycles. The Balaban J connectivity index is 1.62. The van der Waals surface area contributed by atoms with Gasteiger partial charge < -0.3 is 9.47 Å². The first-order valence-electron chi connectivity index (χ1n) is 9.18. The number of thioether (sulfide) groups is 1. The maximum atomic E-state index is 12.2. The zero-order valence-electron chi connectivity index (χ0n) is 15.3. The number of hydrogen-bond donors (Lipinski definition) is 1. The van der Waals surface area contributed by atoms with Gasteiger partial charge in [-0.1, -0.05) is 38.2 Å². The van der Waals surface area contributed by atoms with Gasteiger partial charge in [0.15, 0.2) is 11.5 Å². The lowest BCUT2D eigenvalue weighted by Gasteiger charge is -2.20. The number of hydrogen-bond acceptors (Lipinski definition) is 6. The zero-order chi connectivity index (χ0) is 19.2. The largest absolute Gasteiger partial charge is 0.493 e. The molecule has 144 valence electrons. The number of methoxy groups -OCH3 is 1. The second-order valence-corrected chi connectivity index (χ2v) is 7.79. The van der Waals surface area contributed by atoms with Gasteiger partial charge in [0.2, 0.25) is 0 Å². The molecule has 0 bridgehead atoms. The summed E-state index contributed by atoms with van der Waals surface area (Å²) in [5.41, 5.74) is 0.682. The van der Waals surface area contributed by atoms with Crippen LogP contribution in [0.15, 0.2) is 23.1 Å². The zero-order valence-corrected chi connectivity index (χ0v) is 16.1. The lowest BCUT2D eigenvalue weighted by Crippen LogP contribution is -2.17. The smallest absolute Gasteiger partial charge is 0.311 e. The number of carbonyl (C=O) groups excluding carboxylic acids is 3. The number of amides is 2. The van der Waals surface area contributed by atoms with Crippen LogP contribution in [0.2, 0.25) is 0 Å². The number of carbonyl (C=O) groups is 3. The Hall–Kier alpha value is -2.28. The van der Waals surface area contributed by atoms with Gasteiger partial charge in [0.1, 0.15) is 0 Å². The van der Waals surface area contributed by atoms with Gasteiger partial charge in [0.25, 0.3) is 11.1 Å². The van der Waals surface area contributed by atoms with E-state index >= 15 is 0 Å². The predicted molar refractivity (Wildman–Crippen MR) is 104 cm³/mol. The van der Waals surface area contributed by atoms with Crippen LogP contribution in [0.4, 0.5) is 4.79 Å². The molecule has 1 aliphatic carbocycles. The van der Waals surface area contributed by atoms with E-state index in [0.29, 0.717) is 34.3 Å². The summed E-state index contributed by atoms with van der Waals surface area (Å²) < 4.78 is 10.8. The highest BCUT2D eigenvalue weighted by atomic mass is 32.2. The Labute approximate surface area is 162 Å². The molecule has 1 N–H and O–H groups in total. The van der Waals surface area contributed by atoms with Crippen molar-refractivity contribution < 1.29 is 23.9 Å². The van der Waals surface area contributed by atoms with Crippen LogP contribution >= 0.6 is 11.8 Å². The molecule has 1 heterocycles. The average Bonchev–Trinajstić information content (AvgIpc) is 2.99. The molecule has 2 aliphatic rings. The minimum absolute atomic E-state index is 0.263. The molecule has 2 amide bonds. The van der Waals surface area contributed by atoms with Gasteiger partial charge in [-0.15, -0.1) is 0 Å². The van der Waals surface area contributed by atoms with Crippen LogP contribution in [0.5, 0.6) is 11.5 Å². The highest BCUT2D eigenvalue weighted by Gasteiger charge is 2.25.